The molecule has 1 amide bonds. The molecule has 16 heavy (non-hydrogen) atoms. The summed E-state index contributed by atoms with van der Waals surface area (Å²) in [5.74, 6) is 0.631. The van der Waals surface area contributed by atoms with Crippen LogP contribution in [0.4, 0.5) is 5.69 Å². The Morgan fingerprint density at radius 2 is 2.56 bits per heavy atom. The van der Waals surface area contributed by atoms with E-state index in [1.807, 2.05) is 4.90 Å². The molecule has 1 aromatic rings. The van der Waals surface area contributed by atoms with E-state index in [2.05, 4.69) is 17.1 Å². The maximum absolute atomic E-state index is 12.1. The zero-order valence-electron chi connectivity index (χ0n) is 9.57. The number of nitrogens with one attached hydrogen (secondary N) is 1. The predicted octanol–water partition coefficient (Wildman–Crippen LogP) is 1.25. The molecule has 0 radical (unpaired) electrons. The molecular weight excluding hydrogens is 204 g/mol. The van der Waals surface area contributed by atoms with Gasteiger partial charge in [0.1, 0.15) is 5.69 Å². The highest BCUT2D eigenvalue weighted by Crippen LogP contribution is 2.23. The first-order chi connectivity index (χ1) is 7.72. The summed E-state index contributed by atoms with van der Waals surface area (Å²) >= 11 is 0. The molecule has 2 heterocycles. The molecule has 0 saturated carbocycles. The Hall–Kier alpha value is -1.52. The van der Waals surface area contributed by atoms with Gasteiger partial charge in [-0.3, -0.25) is 9.89 Å². The number of carbonyl (C=O) groups is 1. The summed E-state index contributed by atoms with van der Waals surface area (Å²) < 4.78 is 0. The highest BCUT2D eigenvalue weighted by atomic mass is 16.2. The Bertz CT molecular complexity index is 374. The summed E-state index contributed by atoms with van der Waals surface area (Å²) in [6.07, 6.45) is 4.96. The second-order valence-corrected chi connectivity index (χ2v) is 4.39. The van der Waals surface area contributed by atoms with E-state index in [0.29, 0.717) is 17.3 Å². The quantitative estimate of drug-likeness (QED) is 0.808. The molecule has 1 fully saturated rings. The van der Waals surface area contributed by atoms with E-state index in [9.17, 15) is 4.79 Å². The highest BCUT2D eigenvalue weighted by Gasteiger charge is 2.27. The lowest BCUT2D eigenvalue weighted by atomic mass is 10.0. The average molecular weight is 222 g/mol. The van der Waals surface area contributed by atoms with E-state index in [-0.39, 0.29) is 5.91 Å². The van der Waals surface area contributed by atoms with E-state index in [1.165, 1.54) is 19.0 Å². The third-order valence-corrected chi connectivity index (χ3v) is 3.15. The third kappa shape index (κ3) is 2.03. The smallest absolute Gasteiger partial charge is 0.274 e. The largest absolute Gasteiger partial charge is 0.396 e. The molecule has 5 heteroatoms. The van der Waals surface area contributed by atoms with Gasteiger partial charge in [0.25, 0.3) is 5.91 Å². The van der Waals surface area contributed by atoms with Crippen molar-refractivity contribution in [2.75, 3.05) is 18.8 Å². The number of likely N-dealkylation sites (tertiary alicyclic amines) is 1. The lowest BCUT2D eigenvalue weighted by Gasteiger charge is -2.15. The molecule has 0 bridgehead atoms. The van der Waals surface area contributed by atoms with Gasteiger partial charge in [-0.25, -0.2) is 0 Å². The minimum atomic E-state index is -0.0198. The molecule has 1 aliphatic rings. The SMILES string of the molecule is CCCC1CCN(C(=O)c2[nH]ncc2N)C1. The number of anilines is 1. The van der Waals surface area contributed by atoms with Gasteiger partial charge in [0, 0.05) is 13.1 Å². The lowest BCUT2D eigenvalue weighted by Crippen LogP contribution is -2.29. The van der Waals surface area contributed by atoms with Crippen LogP contribution in [0.15, 0.2) is 6.20 Å². The van der Waals surface area contributed by atoms with Crippen LogP contribution in [-0.2, 0) is 0 Å². The van der Waals surface area contributed by atoms with Gasteiger partial charge in [-0.1, -0.05) is 13.3 Å². The van der Waals surface area contributed by atoms with Crippen LogP contribution in [-0.4, -0.2) is 34.1 Å². The molecule has 1 aromatic heterocycles. The second-order valence-electron chi connectivity index (χ2n) is 4.39. The molecule has 0 aliphatic carbocycles. The number of nitrogens with two attached hydrogens (primary N) is 1. The minimum absolute atomic E-state index is 0.0198. The van der Waals surface area contributed by atoms with Gasteiger partial charge >= 0.3 is 0 Å². The maximum atomic E-state index is 12.1. The predicted molar refractivity (Wildman–Crippen MR) is 61.9 cm³/mol. The lowest BCUT2D eigenvalue weighted by molar-refractivity contribution is 0.0781. The number of amides is 1. The molecule has 2 rings (SSSR count). The van der Waals surface area contributed by atoms with Crippen LogP contribution in [0.3, 0.4) is 0 Å². The van der Waals surface area contributed by atoms with Crippen LogP contribution in [0.2, 0.25) is 0 Å². The number of carbonyl (C=O) groups excluding carboxylic acids is 1. The monoisotopic (exact) mass is 222 g/mol. The standard InChI is InChI=1S/C11H18N4O/c1-2-3-8-4-5-15(7-8)11(16)10-9(12)6-13-14-10/h6,8H,2-5,7,12H2,1H3,(H,13,14). The van der Waals surface area contributed by atoms with Crippen LogP contribution in [0, 0.1) is 5.92 Å². The van der Waals surface area contributed by atoms with E-state index in [1.54, 1.807) is 0 Å². The summed E-state index contributed by atoms with van der Waals surface area (Å²) in [6, 6.07) is 0. The maximum Gasteiger partial charge on any atom is 0.274 e. The van der Waals surface area contributed by atoms with Gasteiger partial charge in [-0.15, -0.1) is 0 Å². The van der Waals surface area contributed by atoms with Crippen molar-refractivity contribution in [3.8, 4) is 0 Å². The average Bonchev–Trinajstić information content (AvgIpc) is 2.87. The molecule has 1 saturated heterocycles. The summed E-state index contributed by atoms with van der Waals surface area (Å²) in [6.45, 7) is 3.87. The van der Waals surface area contributed by atoms with Gasteiger partial charge in [0.05, 0.1) is 11.9 Å². The zero-order valence-corrected chi connectivity index (χ0v) is 9.57. The molecule has 1 aliphatic heterocycles. The van der Waals surface area contributed by atoms with Crippen LogP contribution >= 0.6 is 0 Å². The summed E-state index contributed by atoms with van der Waals surface area (Å²) in [5.41, 5.74) is 6.52. The fraction of sp³-hybridized carbons (Fsp3) is 0.636. The topological polar surface area (TPSA) is 75.0 Å². The van der Waals surface area contributed by atoms with Crippen LogP contribution in [0.25, 0.3) is 0 Å². The first-order valence-corrected chi connectivity index (χ1v) is 5.80. The summed E-state index contributed by atoms with van der Waals surface area (Å²) in [7, 11) is 0. The van der Waals surface area contributed by atoms with Crippen molar-refractivity contribution in [1.29, 1.82) is 0 Å². The van der Waals surface area contributed by atoms with Gasteiger partial charge in [-0.05, 0) is 18.8 Å². The first kappa shape index (κ1) is 11.0. The Kier molecular flexibility index (Phi) is 3.12. The van der Waals surface area contributed by atoms with Gasteiger partial charge in [0.15, 0.2) is 0 Å². The summed E-state index contributed by atoms with van der Waals surface area (Å²) in [5, 5.41) is 6.43. The Labute approximate surface area is 95.0 Å². The van der Waals surface area contributed by atoms with Crippen molar-refractivity contribution in [3.63, 3.8) is 0 Å². The van der Waals surface area contributed by atoms with Crippen LogP contribution in [0.1, 0.15) is 36.7 Å². The fourth-order valence-corrected chi connectivity index (χ4v) is 2.29. The number of nitrogen functional groups attached to an aromatic ring is 1. The summed E-state index contributed by atoms with van der Waals surface area (Å²) in [4.78, 5) is 13.9. The Balaban J connectivity index is 2.00. The highest BCUT2D eigenvalue weighted by molar-refractivity contribution is 5.97. The fourth-order valence-electron chi connectivity index (χ4n) is 2.29. The minimum Gasteiger partial charge on any atom is -0.396 e. The van der Waals surface area contributed by atoms with Crippen molar-refractivity contribution < 1.29 is 4.79 Å². The number of aromatic nitrogens is 2. The van der Waals surface area contributed by atoms with Crippen LogP contribution in [0.5, 0.6) is 0 Å². The molecule has 5 nitrogen and oxygen atoms in total. The van der Waals surface area contributed by atoms with Gasteiger partial charge in [-0.2, -0.15) is 5.10 Å². The van der Waals surface area contributed by atoms with E-state index >= 15 is 0 Å². The third-order valence-electron chi connectivity index (χ3n) is 3.15. The molecular formula is C11H18N4O. The number of hydrogen-bond donors (Lipinski definition) is 2. The number of nitrogens with zero attached hydrogens (tertiary/aromatic N) is 2. The molecule has 88 valence electrons. The first-order valence-electron chi connectivity index (χ1n) is 5.80. The van der Waals surface area contributed by atoms with Crippen molar-refractivity contribution in [2.24, 2.45) is 5.92 Å². The Morgan fingerprint density at radius 3 is 3.19 bits per heavy atom. The number of hydrogen-bond acceptors (Lipinski definition) is 3. The molecule has 0 aromatic carbocycles. The zero-order chi connectivity index (χ0) is 11.5. The molecule has 1 atom stereocenters. The van der Waals surface area contributed by atoms with Gasteiger partial charge in [0.2, 0.25) is 0 Å². The Morgan fingerprint density at radius 1 is 1.75 bits per heavy atom. The van der Waals surface area contributed by atoms with Crippen molar-refractivity contribution >= 4 is 11.6 Å². The van der Waals surface area contributed by atoms with E-state index in [4.69, 9.17) is 5.73 Å². The van der Waals surface area contributed by atoms with Crippen LogP contribution < -0.4 is 5.73 Å². The molecule has 0 spiro atoms. The number of H-pyrrole nitrogens is 1. The number of rotatable bonds is 3. The normalized spacial score (nSPS) is 20.3. The van der Waals surface area contributed by atoms with Crippen molar-refractivity contribution in [1.82, 2.24) is 15.1 Å². The van der Waals surface area contributed by atoms with Gasteiger partial charge < -0.3 is 10.6 Å². The van der Waals surface area contributed by atoms with Crippen molar-refractivity contribution in [2.45, 2.75) is 26.2 Å². The molecule has 3 N–H and O–H groups in total. The molecule has 1 unspecified atom stereocenters. The number of aromatic amines is 1. The second kappa shape index (κ2) is 4.55. The van der Waals surface area contributed by atoms with E-state index < -0.39 is 0 Å². The van der Waals surface area contributed by atoms with Crippen molar-refractivity contribution in [3.05, 3.63) is 11.9 Å². The van der Waals surface area contributed by atoms with E-state index in [0.717, 1.165) is 19.5 Å².